The first kappa shape index (κ1) is 16.5. The van der Waals surface area contributed by atoms with Crippen molar-refractivity contribution < 1.29 is 9.18 Å². The number of anilines is 1. The zero-order valence-corrected chi connectivity index (χ0v) is 15.3. The maximum atomic E-state index is 12.9. The number of nitrogens with one attached hydrogen (secondary N) is 1. The summed E-state index contributed by atoms with van der Waals surface area (Å²) in [5.41, 5.74) is 1.95. The largest absolute Gasteiger partial charge is 0.325 e. The molecular weight excluding hydrogens is 357 g/mol. The van der Waals surface area contributed by atoms with Crippen molar-refractivity contribution in [2.75, 3.05) is 11.1 Å². The van der Waals surface area contributed by atoms with E-state index in [1.807, 2.05) is 6.92 Å². The number of halogens is 1. The number of aryl methyl sites for hydroxylation is 3. The number of amides is 1. The van der Waals surface area contributed by atoms with Gasteiger partial charge in [-0.2, -0.15) is 0 Å². The van der Waals surface area contributed by atoms with Crippen molar-refractivity contribution in [2.24, 2.45) is 0 Å². The highest BCUT2D eigenvalue weighted by Crippen LogP contribution is 2.40. The molecule has 1 amide bonds. The molecule has 1 N–H and O–H groups in total. The first-order valence-corrected chi connectivity index (χ1v) is 9.87. The summed E-state index contributed by atoms with van der Waals surface area (Å²) in [5, 5.41) is 4.79. The second kappa shape index (κ2) is 6.72. The van der Waals surface area contributed by atoms with Crippen LogP contribution in [0.15, 0.2) is 29.3 Å². The molecule has 2 aromatic heterocycles. The third-order valence-corrected chi connectivity index (χ3v) is 6.27. The number of nitrogens with zero attached hydrogens (tertiary/aromatic N) is 2. The lowest BCUT2D eigenvalue weighted by Crippen LogP contribution is -2.14. The molecule has 1 aliphatic rings. The van der Waals surface area contributed by atoms with Crippen molar-refractivity contribution in [1.82, 2.24) is 9.97 Å². The summed E-state index contributed by atoms with van der Waals surface area (Å²) in [5.74, 6) is 0.535. The minimum atomic E-state index is -0.322. The Labute approximate surface area is 152 Å². The van der Waals surface area contributed by atoms with Crippen LogP contribution in [0.1, 0.15) is 22.7 Å². The van der Waals surface area contributed by atoms with Crippen LogP contribution in [-0.2, 0) is 17.6 Å². The molecular formula is C18H16FN3OS2. The minimum absolute atomic E-state index is 0.132. The van der Waals surface area contributed by atoms with Gasteiger partial charge in [-0.3, -0.25) is 4.79 Å². The summed E-state index contributed by atoms with van der Waals surface area (Å²) in [6.07, 6.45) is 3.36. The number of benzene rings is 1. The van der Waals surface area contributed by atoms with E-state index in [0.717, 1.165) is 33.9 Å². The molecule has 0 aliphatic heterocycles. The van der Waals surface area contributed by atoms with Gasteiger partial charge in [0.2, 0.25) is 5.91 Å². The molecule has 0 atom stereocenters. The molecule has 2 heterocycles. The molecule has 0 unspecified atom stereocenters. The Morgan fingerprint density at radius 1 is 1.28 bits per heavy atom. The van der Waals surface area contributed by atoms with Gasteiger partial charge in [-0.15, -0.1) is 11.3 Å². The second-order valence-electron chi connectivity index (χ2n) is 5.96. The maximum Gasteiger partial charge on any atom is 0.234 e. The molecule has 0 saturated heterocycles. The Hall–Kier alpha value is -1.99. The number of rotatable bonds is 4. The third-order valence-electron chi connectivity index (χ3n) is 4.11. The van der Waals surface area contributed by atoms with Crippen molar-refractivity contribution in [3.63, 3.8) is 0 Å². The molecule has 1 aromatic carbocycles. The van der Waals surface area contributed by atoms with Gasteiger partial charge >= 0.3 is 0 Å². The molecule has 0 bridgehead atoms. The van der Waals surface area contributed by atoms with Crippen LogP contribution in [0, 0.1) is 12.7 Å². The van der Waals surface area contributed by atoms with Crippen LogP contribution in [0.3, 0.4) is 0 Å². The number of carbonyl (C=O) groups is 1. The number of aromatic nitrogens is 2. The minimum Gasteiger partial charge on any atom is -0.325 e. The van der Waals surface area contributed by atoms with Gasteiger partial charge in [0.05, 0.1) is 5.75 Å². The summed E-state index contributed by atoms with van der Waals surface area (Å²) in [6.45, 7) is 1.88. The Bertz CT molecular complexity index is 953. The standard InChI is InChI=1S/C18H16FN3OS2/c1-10-20-17(16-13-3-2-4-14(13)25-18(16)21-10)24-9-15(23)22-12-7-5-11(19)6-8-12/h5-8H,2-4,9H2,1H3,(H,22,23). The lowest BCUT2D eigenvalue weighted by molar-refractivity contribution is -0.113. The highest BCUT2D eigenvalue weighted by molar-refractivity contribution is 8.00. The highest BCUT2D eigenvalue weighted by Gasteiger charge is 2.22. The van der Waals surface area contributed by atoms with Crippen molar-refractivity contribution in [2.45, 2.75) is 31.2 Å². The van der Waals surface area contributed by atoms with Crippen LogP contribution < -0.4 is 5.32 Å². The molecule has 4 nitrogen and oxygen atoms in total. The number of carbonyl (C=O) groups excluding carboxylic acids is 1. The van der Waals surface area contributed by atoms with Crippen molar-refractivity contribution in [1.29, 1.82) is 0 Å². The fraction of sp³-hybridized carbons (Fsp3) is 0.278. The predicted octanol–water partition coefficient (Wildman–Crippen LogP) is 4.36. The molecule has 0 spiro atoms. The van der Waals surface area contributed by atoms with Gasteiger partial charge in [0, 0.05) is 16.0 Å². The van der Waals surface area contributed by atoms with Crippen LogP contribution in [0.4, 0.5) is 10.1 Å². The van der Waals surface area contributed by atoms with Crippen molar-refractivity contribution in [3.05, 3.63) is 46.3 Å². The topological polar surface area (TPSA) is 54.9 Å². The fourth-order valence-electron chi connectivity index (χ4n) is 3.03. The summed E-state index contributed by atoms with van der Waals surface area (Å²) >= 11 is 3.19. The Morgan fingerprint density at radius 3 is 2.88 bits per heavy atom. The highest BCUT2D eigenvalue weighted by atomic mass is 32.2. The Morgan fingerprint density at radius 2 is 2.08 bits per heavy atom. The Balaban J connectivity index is 1.52. The van der Waals surface area contributed by atoms with Gasteiger partial charge < -0.3 is 5.32 Å². The van der Waals surface area contributed by atoms with Crippen LogP contribution in [0.5, 0.6) is 0 Å². The van der Waals surface area contributed by atoms with Crippen molar-refractivity contribution >= 4 is 44.9 Å². The van der Waals surface area contributed by atoms with Crippen LogP contribution in [0.25, 0.3) is 10.2 Å². The van der Waals surface area contributed by atoms with Gasteiger partial charge in [0.25, 0.3) is 0 Å². The Kier molecular flexibility index (Phi) is 4.43. The molecule has 1 aliphatic carbocycles. The van der Waals surface area contributed by atoms with E-state index in [4.69, 9.17) is 0 Å². The SMILES string of the molecule is Cc1nc(SCC(=O)Nc2ccc(F)cc2)c2c3c(sc2n1)CCC3. The molecule has 4 rings (SSSR count). The average molecular weight is 373 g/mol. The molecule has 25 heavy (non-hydrogen) atoms. The molecule has 128 valence electrons. The van der Waals surface area contributed by atoms with E-state index in [1.54, 1.807) is 23.5 Å². The normalized spacial score (nSPS) is 13.2. The van der Waals surface area contributed by atoms with Crippen LogP contribution >= 0.6 is 23.1 Å². The zero-order chi connectivity index (χ0) is 17.4. The average Bonchev–Trinajstić information content (AvgIpc) is 3.15. The summed E-state index contributed by atoms with van der Waals surface area (Å²) in [6, 6.07) is 5.76. The monoisotopic (exact) mass is 373 g/mol. The van der Waals surface area contributed by atoms with Gasteiger partial charge in [0.1, 0.15) is 21.5 Å². The number of hydrogen-bond donors (Lipinski definition) is 1. The molecule has 3 aromatic rings. The summed E-state index contributed by atoms with van der Waals surface area (Å²) < 4.78 is 12.9. The summed E-state index contributed by atoms with van der Waals surface area (Å²) in [7, 11) is 0. The first-order chi connectivity index (χ1) is 12.1. The lowest BCUT2D eigenvalue weighted by atomic mass is 10.2. The van der Waals surface area contributed by atoms with Crippen molar-refractivity contribution in [3.8, 4) is 0 Å². The van der Waals surface area contributed by atoms with E-state index in [0.29, 0.717) is 5.69 Å². The smallest absolute Gasteiger partial charge is 0.234 e. The third kappa shape index (κ3) is 3.39. The summed E-state index contributed by atoms with van der Waals surface area (Å²) in [4.78, 5) is 23.8. The first-order valence-electron chi connectivity index (χ1n) is 8.07. The predicted molar refractivity (Wildman–Crippen MR) is 99.9 cm³/mol. The number of thioether (sulfide) groups is 1. The lowest BCUT2D eigenvalue weighted by Gasteiger charge is -2.07. The van der Waals surface area contributed by atoms with E-state index < -0.39 is 0 Å². The van der Waals surface area contributed by atoms with Crippen LogP contribution in [0.2, 0.25) is 0 Å². The molecule has 0 radical (unpaired) electrons. The zero-order valence-electron chi connectivity index (χ0n) is 13.6. The van der Waals surface area contributed by atoms with Crippen LogP contribution in [-0.4, -0.2) is 21.6 Å². The second-order valence-corrected chi connectivity index (χ2v) is 8.00. The quantitative estimate of drug-likeness (QED) is 0.545. The number of hydrogen-bond acceptors (Lipinski definition) is 5. The fourth-order valence-corrected chi connectivity index (χ4v) is 5.30. The maximum absolute atomic E-state index is 12.9. The van der Waals surface area contributed by atoms with Gasteiger partial charge in [-0.1, -0.05) is 11.8 Å². The van der Waals surface area contributed by atoms with Gasteiger partial charge in [-0.05, 0) is 56.0 Å². The number of fused-ring (bicyclic) bond motifs is 3. The van der Waals surface area contributed by atoms with E-state index >= 15 is 0 Å². The van der Waals surface area contributed by atoms with E-state index in [1.165, 1.54) is 40.8 Å². The van der Waals surface area contributed by atoms with Gasteiger partial charge in [0.15, 0.2) is 0 Å². The van der Waals surface area contributed by atoms with E-state index in [9.17, 15) is 9.18 Å². The number of thiophene rings is 1. The molecule has 7 heteroatoms. The molecule has 0 saturated carbocycles. The van der Waals surface area contributed by atoms with Gasteiger partial charge in [-0.25, -0.2) is 14.4 Å². The van der Waals surface area contributed by atoms with E-state index in [2.05, 4.69) is 15.3 Å². The van der Waals surface area contributed by atoms with E-state index in [-0.39, 0.29) is 17.5 Å². The molecule has 0 fully saturated rings.